The molecule has 1 amide bonds. The summed E-state index contributed by atoms with van der Waals surface area (Å²) in [6.07, 6.45) is 4.75. The number of alkyl halides is 1. The number of piperidine rings is 1. The lowest BCUT2D eigenvalue weighted by molar-refractivity contribution is 0.0953. The minimum absolute atomic E-state index is 0.0419. The lowest BCUT2D eigenvalue weighted by atomic mass is 9.87. The Bertz CT molecular complexity index is 1140. The summed E-state index contributed by atoms with van der Waals surface area (Å²) in [7, 11) is 0. The van der Waals surface area contributed by atoms with Gasteiger partial charge in [-0.05, 0) is 45.1 Å². The molecule has 2 bridgehead atoms. The van der Waals surface area contributed by atoms with E-state index in [1.54, 1.807) is 4.90 Å². The van der Waals surface area contributed by atoms with Gasteiger partial charge in [0.25, 0.3) is 0 Å². The molecule has 0 saturated carbocycles. The maximum absolute atomic E-state index is 15.0. The van der Waals surface area contributed by atoms with Gasteiger partial charge < -0.3 is 14.7 Å². The van der Waals surface area contributed by atoms with Crippen LogP contribution in [0.4, 0.5) is 13.6 Å². The predicted octanol–water partition coefficient (Wildman–Crippen LogP) is 4.16. The zero-order chi connectivity index (χ0) is 23.6. The van der Waals surface area contributed by atoms with Crippen LogP contribution in [0.25, 0.3) is 10.9 Å². The molecule has 4 aliphatic rings. The van der Waals surface area contributed by atoms with Crippen LogP contribution in [0.1, 0.15) is 56.6 Å². The Morgan fingerprint density at radius 1 is 1.29 bits per heavy atom. The second-order valence-corrected chi connectivity index (χ2v) is 10.5. The molecular weight excluding hydrogens is 468 g/mol. The average molecular weight is 494 g/mol. The lowest BCUT2D eigenvalue weighted by Gasteiger charge is -2.37. The van der Waals surface area contributed by atoms with Crippen molar-refractivity contribution >= 4 is 28.6 Å². The summed E-state index contributed by atoms with van der Waals surface area (Å²) in [6, 6.07) is -0.140. The Hall–Kier alpha value is -2.33. The molecule has 2 aromatic rings. The molecule has 5 atom stereocenters. The molecule has 4 aliphatic heterocycles. The second-order valence-electron chi connectivity index (χ2n) is 10.1. The van der Waals surface area contributed by atoms with Gasteiger partial charge in [0.15, 0.2) is 11.0 Å². The van der Waals surface area contributed by atoms with Crippen LogP contribution in [0.15, 0.2) is 6.20 Å². The van der Waals surface area contributed by atoms with Gasteiger partial charge in [-0.1, -0.05) is 11.6 Å². The maximum atomic E-state index is 15.0. The summed E-state index contributed by atoms with van der Waals surface area (Å²) < 4.78 is 35.2. The van der Waals surface area contributed by atoms with E-state index >= 15 is 0 Å². The number of halogens is 3. The summed E-state index contributed by atoms with van der Waals surface area (Å²) >= 11 is 5.95. The first-order valence-electron chi connectivity index (χ1n) is 11.9. The third-order valence-corrected chi connectivity index (χ3v) is 8.49. The molecule has 11 heteroatoms. The Balaban J connectivity index is 1.34. The van der Waals surface area contributed by atoms with Gasteiger partial charge in [-0.2, -0.15) is 9.97 Å². The Morgan fingerprint density at radius 2 is 2.06 bits per heavy atom. The number of hydrogen-bond donors (Lipinski definition) is 1. The molecule has 1 unspecified atom stereocenters. The van der Waals surface area contributed by atoms with Crippen LogP contribution in [0, 0.1) is 5.82 Å². The van der Waals surface area contributed by atoms with Crippen molar-refractivity contribution in [2.75, 3.05) is 19.7 Å². The molecule has 4 saturated heterocycles. The molecule has 4 fully saturated rings. The van der Waals surface area contributed by atoms with E-state index in [1.165, 1.54) is 6.20 Å². The van der Waals surface area contributed by atoms with Crippen molar-refractivity contribution in [3.05, 3.63) is 22.9 Å². The van der Waals surface area contributed by atoms with E-state index < -0.39 is 18.1 Å². The van der Waals surface area contributed by atoms with Gasteiger partial charge in [0.05, 0.1) is 11.2 Å². The number of carbonyl (C=O) groups is 1. The zero-order valence-electron chi connectivity index (χ0n) is 18.6. The number of aromatic nitrogens is 3. The summed E-state index contributed by atoms with van der Waals surface area (Å²) in [5.41, 5.74) is 0.280. The van der Waals surface area contributed by atoms with Crippen molar-refractivity contribution in [1.82, 2.24) is 24.8 Å². The molecule has 34 heavy (non-hydrogen) atoms. The molecule has 2 aromatic heterocycles. The average Bonchev–Trinajstić information content (AvgIpc) is 3.42. The van der Waals surface area contributed by atoms with E-state index in [4.69, 9.17) is 21.3 Å². The molecule has 0 radical (unpaired) electrons. The van der Waals surface area contributed by atoms with Crippen molar-refractivity contribution in [1.29, 1.82) is 0 Å². The van der Waals surface area contributed by atoms with Gasteiger partial charge in [-0.3, -0.25) is 4.90 Å². The molecular formula is C23H26ClF2N5O3. The van der Waals surface area contributed by atoms with Crippen molar-refractivity contribution in [3.8, 4) is 6.01 Å². The highest BCUT2D eigenvalue weighted by Crippen LogP contribution is 2.45. The third-order valence-electron chi connectivity index (χ3n) is 8.22. The van der Waals surface area contributed by atoms with Crippen LogP contribution in [0.2, 0.25) is 5.15 Å². The first-order chi connectivity index (χ1) is 16.3. The SMILES string of the molecule is O=C(O)N1[C@@H]2CC[C@H]1CC(c1nc(OC[C@@]34CCCN3C[C@H](F)C4)nc3c(F)c(Cl)ncc13)C2. The molecule has 1 N–H and O–H groups in total. The predicted molar refractivity (Wildman–Crippen MR) is 119 cm³/mol. The Morgan fingerprint density at radius 3 is 2.79 bits per heavy atom. The number of pyridine rings is 1. The van der Waals surface area contributed by atoms with Crippen molar-refractivity contribution < 1.29 is 23.4 Å². The number of fused-ring (bicyclic) bond motifs is 4. The van der Waals surface area contributed by atoms with Gasteiger partial charge in [0.1, 0.15) is 18.3 Å². The number of rotatable bonds is 4. The Kier molecular flexibility index (Phi) is 5.29. The monoisotopic (exact) mass is 493 g/mol. The minimum atomic E-state index is -0.898. The molecule has 182 valence electrons. The molecule has 0 aliphatic carbocycles. The fourth-order valence-corrected chi connectivity index (χ4v) is 6.91. The normalized spacial score (nSPS) is 33.0. The Labute approximate surface area is 200 Å². The molecule has 8 nitrogen and oxygen atoms in total. The van der Waals surface area contributed by atoms with Crippen LogP contribution in [-0.4, -0.2) is 79.4 Å². The van der Waals surface area contributed by atoms with E-state index in [0.717, 1.165) is 32.2 Å². The highest BCUT2D eigenvalue weighted by molar-refractivity contribution is 6.30. The van der Waals surface area contributed by atoms with Crippen molar-refractivity contribution in [2.45, 2.75) is 74.7 Å². The highest BCUT2D eigenvalue weighted by atomic mass is 35.5. The molecule has 0 spiro atoms. The highest BCUT2D eigenvalue weighted by Gasteiger charge is 2.49. The van der Waals surface area contributed by atoms with Gasteiger partial charge in [0, 0.05) is 42.6 Å². The third kappa shape index (κ3) is 3.48. The van der Waals surface area contributed by atoms with Gasteiger partial charge in [-0.25, -0.2) is 18.6 Å². The van der Waals surface area contributed by atoms with E-state index in [0.29, 0.717) is 36.9 Å². The molecule has 6 heterocycles. The summed E-state index contributed by atoms with van der Waals surface area (Å²) in [5, 5.41) is 9.79. The van der Waals surface area contributed by atoms with Gasteiger partial charge in [-0.15, -0.1) is 0 Å². The van der Waals surface area contributed by atoms with Crippen LogP contribution >= 0.6 is 11.6 Å². The number of ether oxygens (including phenoxy) is 1. The number of carboxylic acid groups (broad SMARTS) is 1. The number of nitrogens with zero attached hydrogens (tertiary/aromatic N) is 5. The molecule has 0 aromatic carbocycles. The largest absolute Gasteiger partial charge is 0.465 e. The van der Waals surface area contributed by atoms with Crippen LogP contribution in [0.3, 0.4) is 0 Å². The lowest BCUT2D eigenvalue weighted by Crippen LogP contribution is -2.45. The van der Waals surface area contributed by atoms with Gasteiger partial charge >= 0.3 is 12.1 Å². The summed E-state index contributed by atoms with van der Waals surface area (Å²) in [6.45, 7) is 1.49. The zero-order valence-corrected chi connectivity index (χ0v) is 19.3. The van der Waals surface area contributed by atoms with Gasteiger partial charge in [0.2, 0.25) is 0 Å². The van der Waals surface area contributed by atoms with E-state index in [1.807, 2.05) is 0 Å². The van der Waals surface area contributed by atoms with Crippen molar-refractivity contribution in [2.24, 2.45) is 0 Å². The number of hydrogen-bond acceptors (Lipinski definition) is 6. The fraction of sp³-hybridized carbons (Fsp3) is 0.652. The summed E-state index contributed by atoms with van der Waals surface area (Å²) in [4.78, 5) is 28.4. The smallest absolute Gasteiger partial charge is 0.407 e. The number of amides is 1. The maximum Gasteiger partial charge on any atom is 0.407 e. The van der Waals surface area contributed by atoms with Crippen LogP contribution < -0.4 is 4.74 Å². The quantitative estimate of drug-likeness (QED) is 0.639. The standard InChI is InChI=1S/C23H26ClF2N5O3/c24-20-17(26)19-16(9-27-20)18(12-6-14-2-3-15(7-12)31(14)22(32)33)28-21(29-19)34-11-23-4-1-5-30(23)10-13(25)8-23/h9,12-15H,1-8,10-11H2,(H,32,33)/t12?,13-,14-,15+,23+/m1/s1. The van der Waals surface area contributed by atoms with Crippen LogP contribution in [0.5, 0.6) is 6.01 Å². The minimum Gasteiger partial charge on any atom is -0.465 e. The van der Waals surface area contributed by atoms with Crippen LogP contribution in [-0.2, 0) is 0 Å². The van der Waals surface area contributed by atoms with E-state index in [-0.39, 0.29) is 46.8 Å². The first kappa shape index (κ1) is 22.2. The summed E-state index contributed by atoms with van der Waals surface area (Å²) in [5.74, 6) is -0.810. The fourth-order valence-electron chi connectivity index (χ4n) is 6.77. The van der Waals surface area contributed by atoms with Crippen molar-refractivity contribution in [3.63, 3.8) is 0 Å². The molecule has 6 rings (SSSR count). The topological polar surface area (TPSA) is 91.7 Å². The van der Waals surface area contributed by atoms with E-state index in [2.05, 4.69) is 14.9 Å². The van der Waals surface area contributed by atoms with E-state index in [9.17, 15) is 18.7 Å². The first-order valence-corrected chi connectivity index (χ1v) is 12.3. The second kappa shape index (κ2) is 8.12.